The SMILES string of the molecule is S=S1(=S)C(c2nc3ccccc3s2)=Nc2ccccc21. The van der Waals surface area contributed by atoms with Gasteiger partial charge < -0.3 is 0 Å². The summed E-state index contributed by atoms with van der Waals surface area (Å²) >= 11 is 13.0. The Balaban J connectivity index is 1.96. The molecule has 1 aromatic heterocycles. The first-order valence-corrected chi connectivity index (χ1v) is 10.2. The Morgan fingerprint density at radius 1 is 0.950 bits per heavy atom. The van der Waals surface area contributed by atoms with Gasteiger partial charge in [0.2, 0.25) is 0 Å². The van der Waals surface area contributed by atoms with Crippen LogP contribution in [0.3, 0.4) is 0 Å². The van der Waals surface area contributed by atoms with E-state index in [1.54, 1.807) is 11.3 Å². The molecule has 0 radical (unpaired) electrons. The molecule has 0 saturated carbocycles. The van der Waals surface area contributed by atoms with Crippen molar-refractivity contribution >= 4 is 61.8 Å². The highest BCUT2D eigenvalue weighted by atomic mass is 33.1. The van der Waals surface area contributed by atoms with Gasteiger partial charge >= 0.3 is 0 Å². The number of aliphatic imine (C=N–C) groups is 1. The lowest BCUT2D eigenvalue weighted by molar-refractivity contribution is 1.40. The van der Waals surface area contributed by atoms with E-state index in [1.807, 2.05) is 42.5 Å². The van der Waals surface area contributed by atoms with Crippen LogP contribution in [0.5, 0.6) is 0 Å². The maximum atomic E-state index is 5.71. The van der Waals surface area contributed by atoms with Gasteiger partial charge in [-0.05, 0) is 53.8 Å². The predicted molar refractivity (Wildman–Crippen MR) is 92.6 cm³/mol. The zero-order valence-corrected chi connectivity index (χ0v) is 13.4. The average Bonchev–Trinajstić information content (AvgIpc) is 2.98. The van der Waals surface area contributed by atoms with Gasteiger partial charge in [0, 0.05) is 4.90 Å². The van der Waals surface area contributed by atoms with Gasteiger partial charge in [0.15, 0.2) is 5.01 Å². The molecular weight excluding hydrogens is 324 g/mol. The van der Waals surface area contributed by atoms with Crippen LogP contribution in [-0.2, 0) is 29.5 Å². The fourth-order valence-corrected chi connectivity index (χ4v) is 6.74. The zero-order valence-electron chi connectivity index (χ0n) is 10.1. The van der Waals surface area contributed by atoms with Crippen LogP contribution in [0.15, 0.2) is 58.4 Å². The lowest BCUT2D eigenvalue weighted by Gasteiger charge is -2.03. The van der Waals surface area contributed by atoms with E-state index in [-0.39, 0.29) is 0 Å². The summed E-state index contributed by atoms with van der Waals surface area (Å²) < 4.78 is 1.14. The highest BCUT2D eigenvalue weighted by Crippen LogP contribution is 2.37. The predicted octanol–water partition coefficient (Wildman–Crippen LogP) is 3.82. The van der Waals surface area contributed by atoms with Crippen molar-refractivity contribution < 1.29 is 0 Å². The van der Waals surface area contributed by atoms with E-state index in [9.17, 15) is 0 Å². The third-order valence-electron chi connectivity index (χ3n) is 3.11. The molecule has 2 heterocycles. The number of benzene rings is 2. The molecule has 98 valence electrons. The van der Waals surface area contributed by atoms with Crippen molar-refractivity contribution in [1.29, 1.82) is 0 Å². The number of para-hydroxylation sites is 2. The van der Waals surface area contributed by atoms with E-state index in [0.29, 0.717) is 0 Å². The molecule has 0 amide bonds. The van der Waals surface area contributed by atoms with Gasteiger partial charge in [-0.2, -0.15) is 0 Å². The van der Waals surface area contributed by atoms with E-state index in [1.165, 1.54) is 0 Å². The van der Waals surface area contributed by atoms with Crippen LogP contribution in [0, 0.1) is 0 Å². The Kier molecular flexibility index (Phi) is 2.75. The van der Waals surface area contributed by atoms with Gasteiger partial charge in [0.05, 0.1) is 15.9 Å². The first-order chi connectivity index (χ1) is 9.66. The summed E-state index contributed by atoms with van der Waals surface area (Å²) in [5, 5.41) is 1.66. The van der Waals surface area contributed by atoms with Crippen LogP contribution in [0.25, 0.3) is 10.2 Å². The normalized spacial score (nSPS) is 16.1. The molecule has 1 aliphatic heterocycles. The molecule has 4 rings (SSSR count). The lowest BCUT2D eigenvalue weighted by atomic mass is 10.3. The van der Waals surface area contributed by atoms with E-state index in [0.717, 1.165) is 30.9 Å². The molecule has 1 aliphatic rings. The highest BCUT2D eigenvalue weighted by Gasteiger charge is 2.27. The number of hydrogen-bond acceptors (Lipinski definition) is 5. The maximum Gasteiger partial charge on any atom is 0.150 e. The number of aromatic nitrogens is 1. The molecule has 0 fully saturated rings. The van der Waals surface area contributed by atoms with Crippen molar-refractivity contribution in [1.82, 2.24) is 4.98 Å². The van der Waals surface area contributed by atoms with Crippen molar-refractivity contribution in [2.45, 2.75) is 4.90 Å². The van der Waals surface area contributed by atoms with Crippen molar-refractivity contribution in [3.05, 3.63) is 53.5 Å². The number of rotatable bonds is 1. The Bertz CT molecular complexity index is 935. The molecule has 0 saturated heterocycles. The Morgan fingerprint density at radius 3 is 2.50 bits per heavy atom. The van der Waals surface area contributed by atoms with Crippen molar-refractivity contribution in [3.8, 4) is 0 Å². The first-order valence-electron chi connectivity index (χ1n) is 5.95. The number of thiazole rings is 1. The Labute approximate surface area is 130 Å². The van der Waals surface area contributed by atoms with E-state index in [4.69, 9.17) is 22.4 Å². The van der Waals surface area contributed by atoms with E-state index >= 15 is 0 Å². The molecule has 0 unspecified atom stereocenters. The monoisotopic (exact) mass is 332 g/mol. The van der Waals surface area contributed by atoms with Gasteiger partial charge in [-0.15, -0.1) is 11.3 Å². The quantitative estimate of drug-likeness (QED) is 0.677. The van der Waals surface area contributed by atoms with Crippen LogP contribution >= 0.6 is 11.3 Å². The molecule has 6 heteroatoms. The smallest absolute Gasteiger partial charge is 0.150 e. The number of hydrogen-bond donors (Lipinski definition) is 0. The molecule has 2 aromatic carbocycles. The van der Waals surface area contributed by atoms with Crippen molar-refractivity contribution in [3.63, 3.8) is 0 Å². The minimum absolute atomic E-state index is 0.796. The van der Waals surface area contributed by atoms with Crippen molar-refractivity contribution in [2.75, 3.05) is 0 Å². The molecule has 20 heavy (non-hydrogen) atoms. The summed E-state index contributed by atoms with van der Waals surface area (Å²) in [6, 6.07) is 15.9. The molecule has 3 aromatic rings. The lowest BCUT2D eigenvalue weighted by Crippen LogP contribution is -2.09. The number of fused-ring (bicyclic) bond motifs is 2. The Hall–Kier alpha value is -1.21. The molecule has 0 bridgehead atoms. The Morgan fingerprint density at radius 2 is 1.70 bits per heavy atom. The van der Waals surface area contributed by atoms with Gasteiger partial charge in [-0.1, -0.05) is 24.3 Å². The van der Waals surface area contributed by atoms with E-state index in [2.05, 4.69) is 16.0 Å². The van der Waals surface area contributed by atoms with Gasteiger partial charge in [0.25, 0.3) is 0 Å². The summed E-state index contributed by atoms with van der Waals surface area (Å²) in [4.78, 5) is 10.3. The molecule has 0 atom stereocenters. The minimum atomic E-state index is -1.88. The summed E-state index contributed by atoms with van der Waals surface area (Å²) in [6.45, 7) is 0. The fraction of sp³-hybridized carbons (Fsp3) is 0. The van der Waals surface area contributed by atoms with Crippen LogP contribution in [0.1, 0.15) is 5.01 Å². The summed E-state index contributed by atoms with van der Waals surface area (Å²) in [5.41, 5.74) is 1.88. The van der Waals surface area contributed by atoms with E-state index < -0.39 is 7.15 Å². The standard InChI is InChI=1S/C14H8N2S4/c17-20(18)12-8-4-2-6-10(12)16-14(20)13-15-9-5-1-3-7-11(9)19-13/h1-8H. The van der Waals surface area contributed by atoms with Crippen LogP contribution in [-0.4, -0.2) is 10.0 Å². The second-order valence-corrected chi connectivity index (χ2v) is 10.9. The molecule has 0 N–H and O–H groups in total. The molecule has 0 aliphatic carbocycles. The summed E-state index contributed by atoms with van der Waals surface area (Å²) in [7, 11) is -1.88. The minimum Gasteiger partial charge on any atom is -0.237 e. The highest BCUT2D eigenvalue weighted by molar-refractivity contribution is 8.63. The topological polar surface area (TPSA) is 25.2 Å². The summed E-state index contributed by atoms with van der Waals surface area (Å²) in [6.07, 6.45) is 0. The first kappa shape index (κ1) is 12.5. The van der Waals surface area contributed by atoms with Gasteiger partial charge in [-0.3, -0.25) is 0 Å². The number of nitrogens with zero attached hydrogens (tertiary/aromatic N) is 2. The van der Waals surface area contributed by atoms with Crippen LogP contribution < -0.4 is 0 Å². The third-order valence-corrected chi connectivity index (χ3v) is 8.02. The van der Waals surface area contributed by atoms with Crippen LogP contribution in [0.2, 0.25) is 0 Å². The second kappa shape index (κ2) is 4.39. The molecular formula is C14H8N2S4. The summed E-state index contributed by atoms with van der Waals surface area (Å²) in [5.74, 6) is 0. The largest absolute Gasteiger partial charge is 0.237 e. The fourth-order valence-electron chi connectivity index (χ4n) is 2.18. The average molecular weight is 333 g/mol. The van der Waals surface area contributed by atoms with Crippen LogP contribution in [0.4, 0.5) is 5.69 Å². The van der Waals surface area contributed by atoms with Crippen molar-refractivity contribution in [2.24, 2.45) is 4.99 Å². The van der Waals surface area contributed by atoms with Gasteiger partial charge in [0.1, 0.15) is 5.04 Å². The van der Waals surface area contributed by atoms with Gasteiger partial charge in [-0.25, -0.2) is 9.98 Å². The third kappa shape index (κ3) is 1.76. The molecule has 0 spiro atoms. The molecule has 2 nitrogen and oxygen atoms in total. The second-order valence-electron chi connectivity index (χ2n) is 4.37. The maximum absolute atomic E-state index is 5.71. The zero-order chi connectivity index (χ0) is 13.7.